The van der Waals surface area contributed by atoms with Gasteiger partial charge in [0.15, 0.2) is 0 Å². The molecular weight excluding hydrogens is 180 g/mol. The van der Waals surface area contributed by atoms with Crippen LogP contribution in [0.1, 0.15) is 74.1 Å². The van der Waals surface area contributed by atoms with Crippen LogP contribution in [0.2, 0.25) is 0 Å². The fraction of sp³-hybridized carbons (Fsp3) is 1.00. The lowest BCUT2D eigenvalue weighted by Crippen LogP contribution is -2.33. The van der Waals surface area contributed by atoms with E-state index in [1.165, 1.54) is 25.7 Å². The minimum Gasteiger partial charge on any atom is -0.0654 e. The molecule has 0 amide bonds. The molecular formula is C15H32. The Kier molecular flexibility index (Phi) is 6.55. The Bertz CT molecular complexity index is 155. The number of rotatable bonds is 7. The normalized spacial score (nSPS) is 16.8. The standard InChI is InChI=1S/C15H32/c1-8-10-11-14(13(5)9-2)15(6,7)12(3)4/h12-14H,8-11H2,1-7H3. The lowest BCUT2D eigenvalue weighted by Gasteiger charge is -2.41. The van der Waals surface area contributed by atoms with Crippen LogP contribution in [0.15, 0.2) is 0 Å². The highest BCUT2D eigenvalue weighted by Gasteiger charge is 2.34. The van der Waals surface area contributed by atoms with E-state index in [-0.39, 0.29) is 0 Å². The third-order valence-electron chi connectivity index (χ3n) is 4.64. The summed E-state index contributed by atoms with van der Waals surface area (Å²) in [6.45, 7) is 16.7. The summed E-state index contributed by atoms with van der Waals surface area (Å²) in [4.78, 5) is 0. The van der Waals surface area contributed by atoms with E-state index in [0.717, 1.165) is 17.8 Å². The van der Waals surface area contributed by atoms with Gasteiger partial charge in [0.25, 0.3) is 0 Å². The zero-order valence-corrected chi connectivity index (χ0v) is 12.1. The Labute approximate surface area is 97.8 Å². The van der Waals surface area contributed by atoms with E-state index in [9.17, 15) is 0 Å². The molecule has 0 aliphatic heterocycles. The highest BCUT2D eigenvalue weighted by atomic mass is 14.4. The summed E-state index contributed by atoms with van der Waals surface area (Å²) in [5.41, 5.74) is 0.491. The Balaban J connectivity index is 4.60. The van der Waals surface area contributed by atoms with Crippen molar-refractivity contribution in [3.05, 3.63) is 0 Å². The van der Waals surface area contributed by atoms with Gasteiger partial charge in [-0.25, -0.2) is 0 Å². The summed E-state index contributed by atoms with van der Waals surface area (Å²) in [5, 5.41) is 0. The first kappa shape index (κ1) is 15.0. The van der Waals surface area contributed by atoms with Crippen molar-refractivity contribution >= 4 is 0 Å². The molecule has 0 aliphatic carbocycles. The van der Waals surface area contributed by atoms with Gasteiger partial charge in [0, 0.05) is 0 Å². The van der Waals surface area contributed by atoms with E-state index in [1.807, 2.05) is 0 Å². The molecule has 0 nitrogen and oxygen atoms in total. The second-order valence-electron chi connectivity index (χ2n) is 6.11. The number of hydrogen-bond acceptors (Lipinski definition) is 0. The summed E-state index contributed by atoms with van der Waals surface area (Å²) in [6, 6.07) is 0. The molecule has 0 saturated heterocycles. The molecule has 0 heterocycles. The smallest absolute Gasteiger partial charge is 0.0300 e. The molecule has 2 atom stereocenters. The summed E-state index contributed by atoms with van der Waals surface area (Å²) in [5.74, 6) is 2.55. The van der Waals surface area contributed by atoms with E-state index >= 15 is 0 Å². The Hall–Kier alpha value is 0. The third-order valence-corrected chi connectivity index (χ3v) is 4.64. The molecule has 2 unspecified atom stereocenters. The van der Waals surface area contributed by atoms with Crippen LogP contribution in [-0.4, -0.2) is 0 Å². The molecule has 15 heavy (non-hydrogen) atoms. The van der Waals surface area contributed by atoms with Crippen molar-refractivity contribution in [2.75, 3.05) is 0 Å². The van der Waals surface area contributed by atoms with Crippen molar-refractivity contribution in [3.63, 3.8) is 0 Å². The zero-order valence-electron chi connectivity index (χ0n) is 12.1. The second-order valence-corrected chi connectivity index (χ2v) is 6.11. The van der Waals surface area contributed by atoms with Gasteiger partial charge < -0.3 is 0 Å². The van der Waals surface area contributed by atoms with E-state index in [1.54, 1.807) is 0 Å². The number of hydrogen-bond donors (Lipinski definition) is 0. The van der Waals surface area contributed by atoms with Gasteiger partial charge in [-0.1, -0.05) is 67.7 Å². The molecule has 92 valence electrons. The van der Waals surface area contributed by atoms with Gasteiger partial charge in [-0.3, -0.25) is 0 Å². The molecule has 0 heteroatoms. The largest absolute Gasteiger partial charge is 0.0654 e. The lowest BCUT2D eigenvalue weighted by atomic mass is 9.64. The van der Waals surface area contributed by atoms with Gasteiger partial charge >= 0.3 is 0 Å². The monoisotopic (exact) mass is 212 g/mol. The number of unbranched alkanes of at least 4 members (excludes halogenated alkanes) is 1. The van der Waals surface area contributed by atoms with Crippen LogP contribution in [0.3, 0.4) is 0 Å². The van der Waals surface area contributed by atoms with Crippen molar-refractivity contribution in [1.29, 1.82) is 0 Å². The van der Waals surface area contributed by atoms with Crippen LogP contribution < -0.4 is 0 Å². The summed E-state index contributed by atoms with van der Waals surface area (Å²) in [6.07, 6.45) is 5.47. The first-order valence-corrected chi connectivity index (χ1v) is 6.87. The molecule has 0 radical (unpaired) electrons. The summed E-state index contributed by atoms with van der Waals surface area (Å²) >= 11 is 0. The lowest BCUT2D eigenvalue weighted by molar-refractivity contribution is 0.0790. The van der Waals surface area contributed by atoms with Gasteiger partial charge in [0.2, 0.25) is 0 Å². The van der Waals surface area contributed by atoms with Crippen LogP contribution in [0.4, 0.5) is 0 Å². The maximum absolute atomic E-state index is 2.46. The fourth-order valence-corrected chi connectivity index (χ4v) is 2.53. The zero-order chi connectivity index (χ0) is 12.1. The Morgan fingerprint density at radius 2 is 1.53 bits per heavy atom. The molecule has 0 aromatic carbocycles. The van der Waals surface area contributed by atoms with Crippen LogP contribution >= 0.6 is 0 Å². The van der Waals surface area contributed by atoms with Crippen LogP contribution in [0.25, 0.3) is 0 Å². The van der Waals surface area contributed by atoms with Crippen molar-refractivity contribution in [2.24, 2.45) is 23.2 Å². The molecule has 0 aromatic heterocycles. The molecule has 0 saturated carbocycles. The van der Waals surface area contributed by atoms with Crippen molar-refractivity contribution < 1.29 is 0 Å². The van der Waals surface area contributed by atoms with E-state index in [2.05, 4.69) is 48.5 Å². The van der Waals surface area contributed by atoms with E-state index in [0.29, 0.717) is 5.41 Å². The Morgan fingerprint density at radius 1 is 1.00 bits per heavy atom. The van der Waals surface area contributed by atoms with Gasteiger partial charge in [0.05, 0.1) is 0 Å². The first-order chi connectivity index (χ1) is 6.87. The van der Waals surface area contributed by atoms with Gasteiger partial charge in [-0.05, 0) is 29.6 Å². The van der Waals surface area contributed by atoms with Crippen LogP contribution in [0, 0.1) is 23.2 Å². The molecule has 0 rings (SSSR count). The summed E-state index contributed by atoms with van der Waals surface area (Å²) < 4.78 is 0. The highest BCUT2D eigenvalue weighted by Crippen LogP contribution is 2.42. The third kappa shape index (κ3) is 4.17. The minimum absolute atomic E-state index is 0.491. The molecule has 0 aliphatic rings. The molecule has 0 aromatic rings. The maximum atomic E-state index is 2.46. The molecule has 0 fully saturated rings. The molecule has 0 bridgehead atoms. The van der Waals surface area contributed by atoms with Gasteiger partial charge in [0.1, 0.15) is 0 Å². The maximum Gasteiger partial charge on any atom is -0.0300 e. The van der Waals surface area contributed by atoms with E-state index < -0.39 is 0 Å². The van der Waals surface area contributed by atoms with Crippen LogP contribution in [-0.2, 0) is 0 Å². The topological polar surface area (TPSA) is 0 Å². The quantitative estimate of drug-likeness (QED) is 0.521. The Morgan fingerprint density at radius 3 is 1.87 bits per heavy atom. The highest BCUT2D eigenvalue weighted by molar-refractivity contribution is 4.84. The van der Waals surface area contributed by atoms with Crippen molar-refractivity contribution in [1.82, 2.24) is 0 Å². The SMILES string of the molecule is CCCCC(C(C)CC)C(C)(C)C(C)C. The van der Waals surface area contributed by atoms with Crippen LogP contribution in [0.5, 0.6) is 0 Å². The summed E-state index contributed by atoms with van der Waals surface area (Å²) in [7, 11) is 0. The van der Waals surface area contributed by atoms with Gasteiger partial charge in [-0.15, -0.1) is 0 Å². The molecule has 0 N–H and O–H groups in total. The minimum atomic E-state index is 0.491. The second kappa shape index (κ2) is 6.55. The van der Waals surface area contributed by atoms with Gasteiger partial charge in [-0.2, -0.15) is 0 Å². The predicted octanol–water partition coefficient (Wildman–Crippen LogP) is 5.52. The fourth-order valence-electron chi connectivity index (χ4n) is 2.53. The average Bonchev–Trinajstić information content (AvgIpc) is 2.17. The first-order valence-electron chi connectivity index (χ1n) is 6.87. The van der Waals surface area contributed by atoms with Crippen molar-refractivity contribution in [3.8, 4) is 0 Å². The average molecular weight is 212 g/mol. The van der Waals surface area contributed by atoms with Crippen molar-refractivity contribution in [2.45, 2.75) is 74.1 Å². The molecule has 0 spiro atoms. The predicted molar refractivity (Wildman–Crippen MR) is 71.1 cm³/mol. The van der Waals surface area contributed by atoms with E-state index in [4.69, 9.17) is 0 Å².